The van der Waals surface area contributed by atoms with Crippen molar-refractivity contribution in [3.63, 3.8) is 0 Å². The molecule has 1 aromatic carbocycles. The van der Waals surface area contributed by atoms with Gasteiger partial charge in [0.15, 0.2) is 0 Å². The van der Waals surface area contributed by atoms with Crippen molar-refractivity contribution in [2.45, 2.75) is 58.8 Å². The van der Waals surface area contributed by atoms with E-state index in [9.17, 15) is 0 Å². The van der Waals surface area contributed by atoms with Crippen LogP contribution in [-0.4, -0.2) is 4.98 Å². The molecule has 0 bridgehead atoms. The number of hydrogen-bond donors (Lipinski definition) is 1. The highest BCUT2D eigenvalue weighted by Gasteiger charge is 2.19. The lowest BCUT2D eigenvalue weighted by Gasteiger charge is -2.23. The van der Waals surface area contributed by atoms with Crippen molar-refractivity contribution in [2.75, 3.05) is 5.73 Å². The molecular weight excluding hydrogens is 268 g/mol. The number of nitrogens with zero attached hydrogens (tertiary/aromatic N) is 1. The summed E-state index contributed by atoms with van der Waals surface area (Å²) in [5, 5.41) is 0. The molecule has 0 unspecified atom stereocenters. The fraction of sp³-hybridized carbons (Fsp3) is 0.450. The fourth-order valence-corrected chi connectivity index (χ4v) is 2.66. The van der Waals surface area contributed by atoms with E-state index in [1.807, 2.05) is 6.20 Å². The number of aromatic nitrogens is 1. The molecule has 1 heterocycles. The topological polar surface area (TPSA) is 38.9 Å². The number of rotatable bonds is 2. The van der Waals surface area contributed by atoms with Gasteiger partial charge in [-0.3, -0.25) is 4.98 Å². The van der Waals surface area contributed by atoms with Crippen LogP contribution < -0.4 is 5.73 Å². The van der Waals surface area contributed by atoms with Crippen LogP contribution in [0.5, 0.6) is 0 Å². The molecule has 22 heavy (non-hydrogen) atoms. The molecule has 2 aromatic rings. The highest BCUT2D eigenvalue weighted by Crippen LogP contribution is 2.31. The second-order valence-corrected chi connectivity index (χ2v) is 8.09. The molecule has 2 nitrogen and oxygen atoms in total. The van der Waals surface area contributed by atoms with Crippen LogP contribution in [0.25, 0.3) is 0 Å². The summed E-state index contributed by atoms with van der Waals surface area (Å²) in [5.74, 6) is 0. The summed E-state index contributed by atoms with van der Waals surface area (Å²) in [6.45, 7) is 13.3. The van der Waals surface area contributed by atoms with Gasteiger partial charge in [-0.1, -0.05) is 59.7 Å². The zero-order valence-corrected chi connectivity index (χ0v) is 14.7. The summed E-state index contributed by atoms with van der Waals surface area (Å²) >= 11 is 0. The number of nitrogens with two attached hydrogens (primary N) is 1. The maximum atomic E-state index is 6.41. The maximum absolute atomic E-state index is 6.41. The van der Waals surface area contributed by atoms with E-state index in [1.54, 1.807) is 0 Å². The van der Waals surface area contributed by atoms with Crippen LogP contribution in [0, 0.1) is 0 Å². The fourth-order valence-electron chi connectivity index (χ4n) is 2.66. The average molecular weight is 296 g/mol. The Morgan fingerprint density at radius 2 is 1.64 bits per heavy atom. The minimum atomic E-state index is 0.0563. The molecule has 0 aliphatic heterocycles. The lowest BCUT2D eigenvalue weighted by atomic mass is 9.83. The molecular formula is C20H28N2. The van der Waals surface area contributed by atoms with Gasteiger partial charge in [-0.2, -0.15) is 0 Å². The van der Waals surface area contributed by atoms with Gasteiger partial charge < -0.3 is 5.73 Å². The summed E-state index contributed by atoms with van der Waals surface area (Å²) in [4.78, 5) is 4.53. The standard InChI is InChI=1S/C20H28N2/c1-19(2,3)15-10-11-22-16(13-15)12-14-8-7-9-17(18(14)21)20(4,5)6/h7-11,13H,12,21H2,1-6H3. The Balaban J connectivity index is 2.36. The quantitative estimate of drug-likeness (QED) is 0.805. The van der Waals surface area contributed by atoms with Gasteiger partial charge in [-0.15, -0.1) is 0 Å². The molecule has 2 N–H and O–H groups in total. The monoisotopic (exact) mass is 296 g/mol. The van der Waals surface area contributed by atoms with Crippen molar-refractivity contribution in [1.82, 2.24) is 4.98 Å². The second kappa shape index (κ2) is 5.75. The van der Waals surface area contributed by atoms with Crippen LogP contribution in [0.15, 0.2) is 36.5 Å². The van der Waals surface area contributed by atoms with E-state index < -0.39 is 0 Å². The Hall–Kier alpha value is -1.83. The molecule has 2 rings (SSSR count). The minimum Gasteiger partial charge on any atom is -0.398 e. The first-order valence-electron chi connectivity index (χ1n) is 7.92. The van der Waals surface area contributed by atoms with Gasteiger partial charge in [0.25, 0.3) is 0 Å². The predicted molar refractivity (Wildman–Crippen MR) is 95.3 cm³/mol. The summed E-state index contributed by atoms with van der Waals surface area (Å²) in [7, 11) is 0. The van der Waals surface area contributed by atoms with Gasteiger partial charge in [0, 0.05) is 24.0 Å². The Bertz CT molecular complexity index is 658. The zero-order valence-electron chi connectivity index (χ0n) is 14.7. The predicted octanol–water partition coefficient (Wildman–Crippen LogP) is 4.85. The zero-order chi connectivity index (χ0) is 16.5. The lowest BCUT2D eigenvalue weighted by molar-refractivity contribution is 0.588. The third-order valence-corrected chi connectivity index (χ3v) is 4.06. The van der Waals surface area contributed by atoms with Crippen LogP contribution in [0.4, 0.5) is 5.69 Å². The molecule has 0 saturated heterocycles. The first kappa shape index (κ1) is 16.5. The number of para-hydroxylation sites is 1. The number of nitrogen functional groups attached to an aromatic ring is 1. The highest BCUT2D eigenvalue weighted by molar-refractivity contribution is 5.57. The molecule has 0 fully saturated rings. The Morgan fingerprint density at radius 1 is 0.955 bits per heavy atom. The van der Waals surface area contributed by atoms with Crippen molar-refractivity contribution in [3.8, 4) is 0 Å². The summed E-state index contributed by atoms with van der Waals surface area (Å²) in [6, 6.07) is 10.6. The summed E-state index contributed by atoms with van der Waals surface area (Å²) in [6.07, 6.45) is 2.68. The molecule has 1 aromatic heterocycles. The van der Waals surface area contributed by atoms with E-state index >= 15 is 0 Å². The largest absolute Gasteiger partial charge is 0.398 e. The van der Waals surface area contributed by atoms with Crippen LogP contribution in [-0.2, 0) is 17.3 Å². The first-order chi connectivity index (χ1) is 10.1. The number of benzene rings is 1. The molecule has 0 aliphatic rings. The molecule has 0 atom stereocenters. The van der Waals surface area contributed by atoms with Gasteiger partial charge in [0.1, 0.15) is 0 Å². The average Bonchev–Trinajstić information content (AvgIpc) is 2.39. The van der Waals surface area contributed by atoms with Crippen molar-refractivity contribution >= 4 is 5.69 Å². The van der Waals surface area contributed by atoms with E-state index in [1.165, 1.54) is 11.1 Å². The summed E-state index contributed by atoms with van der Waals surface area (Å²) < 4.78 is 0. The van der Waals surface area contributed by atoms with Crippen LogP contribution in [0.2, 0.25) is 0 Å². The van der Waals surface area contributed by atoms with E-state index in [0.717, 1.165) is 23.4 Å². The molecule has 0 saturated carbocycles. The van der Waals surface area contributed by atoms with E-state index in [2.05, 4.69) is 76.9 Å². The Morgan fingerprint density at radius 3 is 2.23 bits per heavy atom. The minimum absolute atomic E-state index is 0.0563. The molecule has 2 heteroatoms. The van der Waals surface area contributed by atoms with Gasteiger partial charge >= 0.3 is 0 Å². The molecule has 0 radical (unpaired) electrons. The van der Waals surface area contributed by atoms with Gasteiger partial charge in [0.2, 0.25) is 0 Å². The van der Waals surface area contributed by atoms with Crippen molar-refractivity contribution in [3.05, 3.63) is 58.9 Å². The van der Waals surface area contributed by atoms with Crippen molar-refractivity contribution in [2.24, 2.45) is 0 Å². The first-order valence-corrected chi connectivity index (χ1v) is 7.92. The van der Waals surface area contributed by atoms with E-state index in [-0.39, 0.29) is 10.8 Å². The van der Waals surface area contributed by atoms with Crippen LogP contribution in [0.1, 0.15) is 63.9 Å². The van der Waals surface area contributed by atoms with Crippen molar-refractivity contribution in [1.29, 1.82) is 0 Å². The molecule has 0 spiro atoms. The molecule has 0 amide bonds. The maximum Gasteiger partial charge on any atom is 0.0451 e. The van der Waals surface area contributed by atoms with E-state index in [0.29, 0.717) is 0 Å². The highest BCUT2D eigenvalue weighted by atomic mass is 14.7. The second-order valence-electron chi connectivity index (χ2n) is 8.09. The third kappa shape index (κ3) is 3.68. The number of hydrogen-bond acceptors (Lipinski definition) is 2. The lowest BCUT2D eigenvalue weighted by Crippen LogP contribution is -2.15. The molecule has 0 aliphatic carbocycles. The van der Waals surface area contributed by atoms with Crippen molar-refractivity contribution < 1.29 is 0 Å². The third-order valence-electron chi connectivity index (χ3n) is 4.06. The number of pyridine rings is 1. The Labute approximate surface area is 134 Å². The smallest absolute Gasteiger partial charge is 0.0451 e. The van der Waals surface area contributed by atoms with Crippen LogP contribution >= 0.6 is 0 Å². The Kier molecular flexibility index (Phi) is 4.32. The van der Waals surface area contributed by atoms with Gasteiger partial charge in [-0.25, -0.2) is 0 Å². The number of anilines is 1. The normalized spacial score (nSPS) is 12.5. The SMILES string of the molecule is CC(C)(C)c1ccnc(Cc2cccc(C(C)(C)C)c2N)c1. The van der Waals surface area contributed by atoms with Crippen LogP contribution in [0.3, 0.4) is 0 Å². The van der Waals surface area contributed by atoms with E-state index in [4.69, 9.17) is 5.73 Å². The summed E-state index contributed by atoms with van der Waals surface area (Å²) in [5.41, 5.74) is 12.3. The van der Waals surface area contributed by atoms with Gasteiger partial charge in [0.05, 0.1) is 0 Å². The van der Waals surface area contributed by atoms with Gasteiger partial charge in [-0.05, 0) is 39.7 Å². The molecule has 118 valence electrons.